The second kappa shape index (κ2) is 1.99. The molecule has 49 valence electrons. The van der Waals surface area contributed by atoms with Crippen molar-refractivity contribution in [2.45, 2.75) is 0 Å². The number of phenols is 1. The maximum Gasteiger partial charge on any atom is 0.124 e. The highest BCUT2D eigenvalue weighted by Crippen LogP contribution is 2.23. The van der Waals surface area contributed by atoms with Gasteiger partial charge in [0.1, 0.15) is 5.75 Å². The Morgan fingerprint density at radius 2 is 2.40 bits per heavy atom. The molecule has 1 radical (unpaired) electrons. The van der Waals surface area contributed by atoms with Crippen LogP contribution < -0.4 is 0 Å². The summed E-state index contributed by atoms with van der Waals surface area (Å²) in [5, 5.41) is 12.1. The fourth-order valence-corrected chi connectivity index (χ4v) is 1.69. The standard InChI is InChI=1S/C8H5OS/c9-7-2-1-6-3-4-10-8(6)5-7/h1,3-5,9H. The van der Waals surface area contributed by atoms with Crippen molar-refractivity contribution in [1.82, 2.24) is 0 Å². The molecule has 2 heteroatoms. The summed E-state index contributed by atoms with van der Waals surface area (Å²) in [6.07, 6.45) is 0. The van der Waals surface area contributed by atoms with Crippen molar-refractivity contribution in [3.05, 3.63) is 29.6 Å². The molecular weight excluding hydrogens is 144 g/mol. The Morgan fingerprint density at radius 3 is 3.30 bits per heavy atom. The van der Waals surface area contributed by atoms with E-state index < -0.39 is 0 Å². The van der Waals surface area contributed by atoms with Crippen LogP contribution in [0.4, 0.5) is 0 Å². The molecule has 0 saturated carbocycles. The summed E-state index contributed by atoms with van der Waals surface area (Å²) in [6, 6.07) is 8.25. The van der Waals surface area contributed by atoms with E-state index in [0.29, 0.717) is 0 Å². The summed E-state index contributed by atoms with van der Waals surface area (Å²) < 4.78 is 1.11. The maximum atomic E-state index is 9.00. The lowest BCUT2D eigenvalue weighted by Crippen LogP contribution is -1.62. The molecule has 0 saturated heterocycles. The molecule has 1 heterocycles. The highest BCUT2D eigenvalue weighted by molar-refractivity contribution is 7.17. The molecule has 10 heavy (non-hydrogen) atoms. The van der Waals surface area contributed by atoms with Crippen LogP contribution in [-0.4, -0.2) is 5.11 Å². The largest absolute Gasteiger partial charge is 0.507 e. The third kappa shape index (κ3) is 0.772. The van der Waals surface area contributed by atoms with Crippen LogP contribution in [0.25, 0.3) is 10.1 Å². The molecule has 0 spiro atoms. The number of aromatic hydroxyl groups is 1. The fourth-order valence-electron chi connectivity index (χ4n) is 0.885. The van der Waals surface area contributed by atoms with Crippen molar-refractivity contribution in [3.8, 4) is 5.75 Å². The van der Waals surface area contributed by atoms with Gasteiger partial charge in [-0.2, -0.15) is 0 Å². The Morgan fingerprint density at radius 1 is 1.50 bits per heavy atom. The third-order valence-electron chi connectivity index (χ3n) is 1.37. The molecule has 2 aromatic rings. The Labute approximate surface area is 62.5 Å². The van der Waals surface area contributed by atoms with Crippen LogP contribution in [0.15, 0.2) is 23.6 Å². The lowest BCUT2D eigenvalue weighted by molar-refractivity contribution is 0.475. The molecule has 0 amide bonds. The summed E-state index contributed by atoms with van der Waals surface area (Å²) in [7, 11) is 0. The number of rotatable bonds is 0. The van der Waals surface area contributed by atoms with E-state index in [0.717, 1.165) is 10.1 Å². The number of hydrogen-bond donors (Lipinski definition) is 1. The molecule has 0 atom stereocenters. The number of benzene rings is 1. The summed E-state index contributed by atoms with van der Waals surface area (Å²) in [5.74, 6) is 0.218. The summed E-state index contributed by atoms with van der Waals surface area (Å²) in [4.78, 5) is 0. The van der Waals surface area contributed by atoms with Gasteiger partial charge in [0.25, 0.3) is 0 Å². The fraction of sp³-hybridized carbons (Fsp3) is 0. The lowest BCUT2D eigenvalue weighted by Gasteiger charge is -1.88. The molecule has 2 rings (SSSR count). The van der Waals surface area contributed by atoms with Crippen molar-refractivity contribution < 1.29 is 5.11 Å². The van der Waals surface area contributed by atoms with Crippen molar-refractivity contribution >= 4 is 21.4 Å². The zero-order chi connectivity index (χ0) is 6.97. The number of hydrogen-bond acceptors (Lipinski definition) is 2. The van der Waals surface area contributed by atoms with Gasteiger partial charge < -0.3 is 5.11 Å². The monoisotopic (exact) mass is 149 g/mol. The molecule has 0 aliphatic carbocycles. The third-order valence-corrected chi connectivity index (χ3v) is 2.25. The summed E-state index contributed by atoms with van der Waals surface area (Å²) in [6.45, 7) is 0. The van der Waals surface area contributed by atoms with Crippen LogP contribution in [-0.2, 0) is 0 Å². The van der Waals surface area contributed by atoms with E-state index in [1.165, 1.54) is 0 Å². The highest BCUT2D eigenvalue weighted by atomic mass is 32.1. The average molecular weight is 149 g/mol. The van der Waals surface area contributed by atoms with Crippen molar-refractivity contribution in [3.63, 3.8) is 0 Å². The molecular formula is C8H5OS. The van der Waals surface area contributed by atoms with Gasteiger partial charge in [0, 0.05) is 10.8 Å². The molecule has 0 aliphatic heterocycles. The number of phenolic OH excluding ortho intramolecular Hbond substituents is 1. The zero-order valence-corrected chi connectivity index (χ0v) is 5.98. The van der Waals surface area contributed by atoms with Gasteiger partial charge in [-0.1, -0.05) is 0 Å². The van der Waals surface area contributed by atoms with Crippen molar-refractivity contribution in [2.75, 3.05) is 0 Å². The first-order valence-corrected chi connectivity index (χ1v) is 3.82. The summed E-state index contributed by atoms with van der Waals surface area (Å²) >= 11 is 1.62. The van der Waals surface area contributed by atoms with Gasteiger partial charge in [-0.05, 0) is 29.0 Å². The Hall–Kier alpha value is -1.02. The van der Waals surface area contributed by atoms with Crippen molar-refractivity contribution in [2.24, 2.45) is 0 Å². The Balaban J connectivity index is 2.86. The smallest absolute Gasteiger partial charge is 0.124 e. The van der Waals surface area contributed by atoms with Gasteiger partial charge in [-0.3, -0.25) is 0 Å². The minimum Gasteiger partial charge on any atom is -0.507 e. The predicted molar refractivity (Wildman–Crippen MR) is 42.3 cm³/mol. The van der Waals surface area contributed by atoms with E-state index in [1.807, 2.05) is 11.4 Å². The minimum absolute atomic E-state index is 0.218. The molecule has 0 fully saturated rings. The SMILES string of the molecule is Oc1[c]cc2ccsc2c1. The van der Waals surface area contributed by atoms with Gasteiger partial charge in [-0.15, -0.1) is 11.3 Å². The first-order valence-electron chi connectivity index (χ1n) is 2.94. The molecule has 1 aromatic heterocycles. The first-order chi connectivity index (χ1) is 4.86. The quantitative estimate of drug-likeness (QED) is 0.609. The normalized spacial score (nSPS) is 10.4. The zero-order valence-electron chi connectivity index (χ0n) is 5.16. The number of thiophene rings is 1. The minimum atomic E-state index is 0.218. The molecule has 0 unspecified atom stereocenters. The second-order valence-electron chi connectivity index (χ2n) is 2.06. The van der Waals surface area contributed by atoms with Crippen LogP contribution in [0.1, 0.15) is 0 Å². The molecule has 1 N–H and O–H groups in total. The van der Waals surface area contributed by atoms with E-state index in [4.69, 9.17) is 5.11 Å². The van der Waals surface area contributed by atoms with Gasteiger partial charge in [0.15, 0.2) is 0 Å². The Bertz CT molecular complexity index is 351. The first kappa shape index (κ1) is 5.74. The van der Waals surface area contributed by atoms with Gasteiger partial charge in [0.05, 0.1) is 0 Å². The van der Waals surface area contributed by atoms with E-state index >= 15 is 0 Å². The predicted octanol–water partition coefficient (Wildman–Crippen LogP) is 2.41. The lowest BCUT2D eigenvalue weighted by atomic mass is 10.2. The van der Waals surface area contributed by atoms with E-state index in [9.17, 15) is 0 Å². The van der Waals surface area contributed by atoms with Gasteiger partial charge >= 0.3 is 0 Å². The van der Waals surface area contributed by atoms with Gasteiger partial charge in [-0.25, -0.2) is 0 Å². The van der Waals surface area contributed by atoms with Gasteiger partial charge in [0.2, 0.25) is 0 Å². The summed E-state index contributed by atoms with van der Waals surface area (Å²) in [5.41, 5.74) is 0. The van der Waals surface area contributed by atoms with E-state index in [1.54, 1.807) is 23.5 Å². The highest BCUT2D eigenvalue weighted by Gasteiger charge is 1.94. The van der Waals surface area contributed by atoms with Crippen LogP contribution in [0, 0.1) is 6.07 Å². The number of fused-ring (bicyclic) bond motifs is 1. The maximum absolute atomic E-state index is 9.00. The van der Waals surface area contributed by atoms with E-state index in [-0.39, 0.29) is 5.75 Å². The Kier molecular flexibility index (Phi) is 1.14. The molecule has 1 aromatic carbocycles. The van der Waals surface area contributed by atoms with Crippen LogP contribution >= 0.6 is 11.3 Å². The second-order valence-corrected chi connectivity index (χ2v) is 3.01. The molecule has 0 aliphatic rings. The van der Waals surface area contributed by atoms with Crippen LogP contribution in [0.5, 0.6) is 5.75 Å². The van der Waals surface area contributed by atoms with Crippen molar-refractivity contribution in [1.29, 1.82) is 0 Å². The van der Waals surface area contributed by atoms with E-state index in [2.05, 4.69) is 6.07 Å². The van der Waals surface area contributed by atoms with Crippen LogP contribution in [0.2, 0.25) is 0 Å². The van der Waals surface area contributed by atoms with Crippen LogP contribution in [0.3, 0.4) is 0 Å². The average Bonchev–Trinajstić information content (AvgIpc) is 2.33. The molecule has 1 nitrogen and oxygen atoms in total. The topological polar surface area (TPSA) is 20.2 Å². The molecule has 0 bridgehead atoms.